The van der Waals surface area contributed by atoms with Crippen LogP contribution in [0.15, 0.2) is 6.20 Å². The molecule has 94 valence electrons. The van der Waals surface area contributed by atoms with Gasteiger partial charge < -0.3 is 15.3 Å². The average molecular weight is 240 g/mol. The first-order valence-electron chi connectivity index (χ1n) is 5.90. The van der Waals surface area contributed by atoms with Gasteiger partial charge in [-0.25, -0.2) is 9.37 Å². The Morgan fingerprint density at radius 1 is 1.65 bits per heavy atom. The highest BCUT2D eigenvalue weighted by molar-refractivity contribution is 5.45. The van der Waals surface area contributed by atoms with Crippen LogP contribution in [0.4, 0.5) is 16.2 Å². The smallest absolute Gasteiger partial charge is 0.224 e. The fourth-order valence-corrected chi connectivity index (χ4v) is 2.11. The van der Waals surface area contributed by atoms with E-state index >= 15 is 0 Å². The molecule has 1 aromatic heterocycles. The minimum atomic E-state index is -0.438. The second-order valence-electron chi connectivity index (χ2n) is 4.07. The van der Waals surface area contributed by atoms with Gasteiger partial charge in [-0.3, -0.25) is 0 Å². The molecular formula is C11H17FN4O. The van der Waals surface area contributed by atoms with Crippen molar-refractivity contribution in [2.45, 2.75) is 25.8 Å². The molecule has 1 aliphatic rings. The predicted octanol–water partition coefficient (Wildman–Crippen LogP) is 1.01. The van der Waals surface area contributed by atoms with E-state index in [1.807, 2.05) is 11.8 Å². The lowest BCUT2D eigenvalue weighted by atomic mass is 10.2. The molecule has 1 atom stereocenters. The van der Waals surface area contributed by atoms with Crippen LogP contribution in [0.1, 0.15) is 19.8 Å². The van der Waals surface area contributed by atoms with E-state index < -0.39 is 5.82 Å². The molecule has 6 heteroatoms. The zero-order valence-corrected chi connectivity index (χ0v) is 9.86. The Hall–Kier alpha value is -1.43. The Balaban J connectivity index is 2.26. The van der Waals surface area contributed by atoms with Gasteiger partial charge in [-0.1, -0.05) is 0 Å². The number of aliphatic hydroxyl groups is 1. The van der Waals surface area contributed by atoms with Gasteiger partial charge in [0.15, 0.2) is 11.6 Å². The van der Waals surface area contributed by atoms with Gasteiger partial charge in [0.25, 0.3) is 0 Å². The molecule has 0 bridgehead atoms. The van der Waals surface area contributed by atoms with Crippen molar-refractivity contribution < 1.29 is 9.50 Å². The number of rotatable bonds is 4. The Morgan fingerprint density at radius 3 is 3.18 bits per heavy atom. The molecule has 0 amide bonds. The molecular weight excluding hydrogens is 223 g/mol. The molecule has 1 aromatic rings. The molecule has 1 unspecified atom stereocenters. The van der Waals surface area contributed by atoms with E-state index in [2.05, 4.69) is 15.3 Å². The second-order valence-corrected chi connectivity index (χ2v) is 4.07. The first-order valence-corrected chi connectivity index (χ1v) is 5.90. The molecule has 2 heterocycles. The van der Waals surface area contributed by atoms with Crippen LogP contribution in [-0.4, -0.2) is 40.8 Å². The van der Waals surface area contributed by atoms with Crippen LogP contribution < -0.4 is 10.2 Å². The van der Waals surface area contributed by atoms with Crippen LogP contribution in [0.25, 0.3) is 0 Å². The number of aliphatic hydroxyl groups excluding tert-OH is 1. The molecule has 0 aliphatic carbocycles. The van der Waals surface area contributed by atoms with Crippen molar-refractivity contribution in [2.24, 2.45) is 0 Å². The minimum Gasteiger partial charge on any atom is -0.394 e. The Morgan fingerprint density at radius 2 is 2.47 bits per heavy atom. The molecule has 0 aromatic carbocycles. The summed E-state index contributed by atoms with van der Waals surface area (Å²) >= 11 is 0. The molecule has 1 saturated heterocycles. The average Bonchev–Trinajstić information content (AvgIpc) is 2.80. The number of aromatic nitrogens is 2. The number of halogens is 1. The van der Waals surface area contributed by atoms with Gasteiger partial charge in [0, 0.05) is 13.1 Å². The van der Waals surface area contributed by atoms with Gasteiger partial charge in [0.2, 0.25) is 5.95 Å². The van der Waals surface area contributed by atoms with E-state index in [4.69, 9.17) is 0 Å². The van der Waals surface area contributed by atoms with Gasteiger partial charge in [-0.2, -0.15) is 4.98 Å². The summed E-state index contributed by atoms with van der Waals surface area (Å²) in [5, 5.41) is 12.2. The van der Waals surface area contributed by atoms with Crippen molar-refractivity contribution in [3.05, 3.63) is 12.0 Å². The van der Waals surface area contributed by atoms with E-state index in [1.54, 1.807) is 0 Å². The molecule has 1 fully saturated rings. The first kappa shape index (κ1) is 12.0. The topological polar surface area (TPSA) is 61.3 Å². The molecule has 5 nitrogen and oxygen atoms in total. The van der Waals surface area contributed by atoms with Gasteiger partial charge in [-0.15, -0.1) is 0 Å². The molecule has 0 spiro atoms. The maximum absolute atomic E-state index is 13.7. The normalized spacial score (nSPS) is 19.7. The summed E-state index contributed by atoms with van der Waals surface area (Å²) in [6.45, 7) is 3.37. The monoisotopic (exact) mass is 240 g/mol. The quantitative estimate of drug-likeness (QED) is 0.822. The Bertz CT molecular complexity index is 388. The molecule has 2 N–H and O–H groups in total. The number of hydrogen-bond donors (Lipinski definition) is 2. The summed E-state index contributed by atoms with van der Waals surface area (Å²) in [4.78, 5) is 9.84. The lowest BCUT2D eigenvalue weighted by Gasteiger charge is -2.24. The highest BCUT2D eigenvalue weighted by Crippen LogP contribution is 2.26. The minimum absolute atomic E-state index is 0.0278. The predicted molar refractivity (Wildman–Crippen MR) is 63.6 cm³/mol. The number of nitrogens with zero attached hydrogens (tertiary/aromatic N) is 3. The van der Waals surface area contributed by atoms with Gasteiger partial charge in [0.05, 0.1) is 18.8 Å². The van der Waals surface area contributed by atoms with Crippen molar-refractivity contribution in [1.82, 2.24) is 9.97 Å². The SMILES string of the molecule is CCNc1ncc(F)c(N2CCCC2CO)n1. The third-order valence-electron chi connectivity index (χ3n) is 2.92. The molecule has 17 heavy (non-hydrogen) atoms. The van der Waals surface area contributed by atoms with Gasteiger partial charge >= 0.3 is 0 Å². The summed E-state index contributed by atoms with van der Waals surface area (Å²) in [7, 11) is 0. The summed E-state index contributed by atoms with van der Waals surface area (Å²) in [6.07, 6.45) is 2.99. The van der Waals surface area contributed by atoms with Crippen LogP contribution in [0.5, 0.6) is 0 Å². The molecule has 2 rings (SSSR count). The maximum Gasteiger partial charge on any atom is 0.224 e. The summed E-state index contributed by atoms with van der Waals surface area (Å²) < 4.78 is 13.7. The van der Waals surface area contributed by atoms with Crippen molar-refractivity contribution in [3.63, 3.8) is 0 Å². The van der Waals surface area contributed by atoms with Crippen LogP contribution in [0, 0.1) is 5.82 Å². The maximum atomic E-state index is 13.7. The third-order valence-corrected chi connectivity index (χ3v) is 2.92. The lowest BCUT2D eigenvalue weighted by molar-refractivity contribution is 0.265. The standard InChI is InChI=1S/C11H17FN4O/c1-2-13-11-14-6-9(12)10(15-11)16-5-3-4-8(16)7-17/h6,8,17H,2-5,7H2,1H3,(H,13,14,15). The van der Waals surface area contributed by atoms with E-state index in [9.17, 15) is 9.50 Å². The lowest BCUT2D eigenvalue weighted by Crippen LogP contribution is -2.33. The molecule has 0 radical (unpaired) electrons. The van der Waals surface area contributed by atoms with E-state index in [0.29, 0.717) is 12.5 Å². The largest absolute Gasteiger partial charge is 0.394 e. The van der Waals surface area contributed by atoms with Crippen molar-refractivity contribution in [1.29, 1.82) is 0 Å². The van der Waals surface area contributed by atoms with Gasteiger partial charge in [0.1, 0.15) is 0 Å². The Labute approximate surface area is 99.7 Å². The van der Waals surface area contributed by atoms with Crippen molar-refractivity contribution in [2.75, 3.05) is 29.9 Å². The van der Waals surface area contributed by atoms with Crippen LogP contribution in [0.3, 0.4) is 0 Å². The van der Waals surface area contributed by atoms with E-state index in [-0.39, 0.29) is 18.5 Å². The highest BCUT2D eigenvalue weighted by Gasteiger charge is 2.27. The highest BCUT2D eigenvalue weighted by atomic mass is 19.1. The molecule has 0 saturated carbocycles. The van der Waals surface area contributed by atoms with Crippen molar-refractivity contribution in [3.8, 4) is 0 Å². The van der Waals surface area contributed by atoms with E-state index in [1.165, 1.54) is 6.20 Å². The van der Waals surface area contributed by atoms with Crippen LogP contribution in [0.2, 0.25) is 0 Å². The first-order chi connectivity index (χ1) is 8.26. The number of nitrogens with one attached hydrogen (secondary N) is 1. The molecule has 1 aliphatic heterocycles. The summed E-state index contributed by atoms with van der Waals surface area (Å²) in [6, 6.07) is -0.0334. The summed E-state index contributed by atoms with van der Waals surface area (Å²) in [5.74, 6) is 0.270. The summed E-state index contributed by atoms with van der Waals surface area (Å²) in [5.41, 5.74) is 0. The zero-order chi connectivity index (χ0) is 12.3. The van der Waals surface area contributed by atoms with Crippen LogP contribution >= 0.6 is 0 Å². The zero-order valence-electron chi connectivity index (χ0n) is 9.86. The number of anilines is 2. The Kier molecular flexibility index (Phi) is 3.73. The fourth-order valence-electron chi connectivity index (χ4n) is 2.11. The second kappa shape index (κ2) is 5.27. The van der Waals surface area contributed by atoms with Crippen LogP contribution in [-0.2, 0) is 0 Å². The van der Waals surface area contributed by atoms with Crippen molar-refractivity contribution >= 4 is 11.8 Å². The fraction of sp³-hybridized carbons (Fsp3) is 0.636. The third kappa shape index (κ3) is 2.46. The van der Waals surface area contributed by atoms with E-state index in [0.717, 1.165) is 19.4 Å². The van der Waals surface area contributed by atoms with Gasteiger partial charge in [-0.05, 0) is 19.8 Å². The number of hydrogen-bond acceptors (Lipinski definition) is 5.